The zero-order valence-electron chi connectivity index (χ0n) is 19.0. The number of hydrogen-bond acceptors (Lipinski definition) is 6. The van der Waals surface area contributed by atoms with E-state index in [4.69, 9.17) is 18.9 Å². The van der Waals surface area contributed by atoms with Gasteiger partial charge in [-0.1, -0.05) is 12.1 Å². The Morgan fingerprint density at radius 2 is 0.906 bits per heavy atom. The highest BCUT2D eigenvalue weighted by Crippen LogP contribution is 2.33. The fourth-order valence-corrected chi connectivity index (χ4v) is 4.60. The van der Waals surface area contributed by atoms with Gasteiger partial charge in [-0.25, -0.2) is 0 Å². The first kappa shape index (κ1) is 20.5. The van der Waals surface area contributed by atoms with Crippen molar-refractivity contribution in [2.24, 2.45) is 0 Å². The molecule has 0 aliphatic carbocycles. The average Bonchev–Trinajstić information content (AvgIpc) is 3.61. The van der Waals surface area contributed by atoms with Crippen molar-refractivity contribution in [3.63, 3.8) is 0 Å². The quantitative estimate of drug-likeness (QED) is 0.505. The van der Waals surface area contributed by atoms with Gasteiger partial charge >= 0.3 is 0 Å². The summed E-state index contributed by atoms with van der Waals surface area (Å²) in [6, 6.07) is 13.6. The summed E-state index contributed by atoms with van der Waals surface area (Å²) in [7, 11) is 0. The van der Waals surface area contributed by atoms with Gasteiger partial charge in [-0.2, -0.15) is 0 Å². The van der Waals surface area contributed by atoms with Crippen molar-refractivity contribution in [3.05, 3.63) is 47.5 Å². The fourth-order valence-electron chi connectivity index (χ4n) is 4.60. The molecule has 6 nitrogen and oxygen atoms in total. The number of aryl methyl sites for hydroxylation is 2. The second-order valence-electron chi connectivity index (χ2n) is 9.63. The molecule has 2 aromatic carbocycles. The Morgan fingerprint density at radius 3 is 1.16 bits per heavy atom. The first-order chi connectivity index (χ1) is 15.6. The Labute approximate surface area is 190 Å². The minimum absolute atomic E-state index is 0.369. The lowest BCUT2D eigenvalue weighted by molar-refractivity contribution is 0.388. The molecule has 6 heteroatoms. The molecule has 4 fully saturated rings. The largest absolute Gasteiger partial charge is 0.371 e. The van der Waals surface area contributed by atoms with Crippen LogP contribution in [0.3, 0.4) is 0 Å². The Morgan fingerprint density at radius 1 is 0.594 bits per heavy atom. The summed E-state index contributed by atoms with van der Waals surface area (Å²) in [4.78, 5) is 4.86. The van der Waals surface area contributed by atoms with E-state index < -0.39 is 0 Å². The van der Waals surface area contributed by atoms with Crippen LogP contribution in [0.2, 0.25) is 0 Å². The smallest absolute Gasteiger partial charge is 0.0984 e. The molecule has 4 saturated heterocycles. The van der Waals surface area contributed by atoms with Gasteiger partial charge in [-0.3, -0.25) is 0 Å². The first-order valence-corrected chi connectivity index (χ1v) is 11.8. The Balaban J connectivity index is 1.22. The molecular formula is C26H32N2O4. The van der Waals surface area contributed by atoms with E-state index in [0.29, 0.717) is 24.4 Å². The van der Waals surface area contributed by atoms with Gasteiger partial charge in [-0.15, -0.1) is 0 Å². The minimum atomic E-state index is 0.369. The van der Waals surface area contributed by atoms with Crippen LogP contribution in [0.15, 0.2) is 36.4 Å². The lowest BCUT2D eigenvalue weighted by Crippen LogP contribution is -2.32. The molecule has 4 unspecified atom stereocenters. The zero-order valence-corrected chi connectivity index (χ0v) is 19.0. The highest BCUT2D eigenvalue weighted by Gasteiger charge is 2.32. The predicted octanol–water partition coefficient (Wildman–Crippen LogP) is 3.18. The summed E-state index contributed by atoms with van der Waals surface area (Å²) in [5.74, 6) is 0. The molecule has 0 saturated carbocycles. The van der Waals surface area contributed by atoms with Crippen molar-refractivity contribution in [1.82, 2.24) is 0 Å². The summed E-state index contributed by atoms with van der Waals surface area (Å²) in [6.45, 7) is 11.7. The molecule has 4 aliphatic rings. The third-order valence-corrected chi connectivity index (χ3v) is 6.71. The molecule has 4 atom stereocenters. The number of benzene rings is 2. The maximum absolute atomic E-state index is 5.49. The Hall–Kier alpha value is -2.12. The molecule has 32 heavy (non-hydrogen) atoms. The Bertz CT molecular complexity index is 872. The number of anilines is 2. The fraction of sp³-hybridized carbons (Fsp3) is 0.538. The van der Waals surface area contributed by atoms with Gasteiger partial charge in [0.1, 0.15) is 0 Å². The second kappa shape index (κ2) is 8.34. The third-order valence-electron chi connectivity index (χ3n) is 6.71. The molecule has 6 rings (SSSR count). The van der Waals surface area contributed by atoms with Crippen molar-refractivity contribution in [2.75, 3.05) is 62.4 Å². The maximum atomic E-state index is 5.49. The summed E-state index contributed by atoms with van der Waals surface area (Å²) >= 11 is 0. The van der Waals surface area contributed by atoms with E-state index in [1.807, 2.05) is 0 Å². The topological polar surface area (TPSA) is 56.6 Å². The number of hydrogen-bond donors (Lipinski definition) is 0. The normalized spacial score (nSPS) is 27.2. The number of rotatable bonds is 11. The minimum Gasteiger partial charge on any atom is -0.371 e. The van der Waals surface area contributed by atoms with Crippen LogP contribution in [0, 0.1) is 13.8 Å². The molecule has 0 amide bonds. The van der Waals surface area contributed by atoms with Crippen LogP contribution in [0.4, 0.5) is 11.4 Å². The number of nitrogens with zero attached hydrogens (tertiary/aromatic N) is 2. The van der Waals surface area contributed by atoms with Crippen LogP contribution in [-0.4, -0.2) is 77.0 Å². The van der Waals surface area contributed by atoms with E-state index in [9.17, 15) is 0 Å². The van der Waals surface area contributed by atoms with Crippen LogP contribution in [0.1, 0.15) is 11.1 Å². The number of epoxide rings is 4. The molecule has 0 aromatic heterocycles. The maximum Gasteiger partial charge on any atom is 0.0984 e. The van der Waals surface area contributed by atoms with Crippen LogP contribution in [-0.2, 0) is 18.9 Å². The summed E-state index contributed by atoms with van der Waals surface area (Å²) in [5.41, 5.74) is 7.68. The van der Waals surface area contributed by atoms with Crippen LogP contribution in [0.25, 0.3) is 11.1 Å². The molecule has 170 valence electrons. The van der Waals surface area contributed by atoms with Crippen molar-refractivity contribution >= 4 is 11.4 Å². The van der Waals surface area contributed by atoms with Crippen LogP contribution in [0.5, 0.6) is 0 Å². The van der Waals surface area contributed by atoms with Crippen LogP contribution < -0.4 is 9.80 Å². The van der Waals surface area contributed by atoms with Crippen molar-refractivity contribution in [2.45, 2.75) is 38.3 Å². The Kier molecular flexibility index (Phi) is 5.34. The molecule has 0 N–H and O–H groups in total. The van der Waals surface area contributed by atoms with Gasteiger partial charge in [0, 0.05) is 37.6 Å². The van der Waals surface area contributed by atoms with Gasteiger partial charge in [-0.05, 0) is 60.4 Å². The van der Waals surface area contributed by atoms with Gasteiger partial charge < -0.3 is 28.7 Å². The molecule has 4 heterocycles. The zero-order chi connectivity index (χ0) is 21.7. The lowest BCUT2D eigenvalue weighted by Gasteiger charge is -2.26. The van der Waals surface area contributed by atoms with Crippen molar-refractivity contribution in [1.29, 1.82) is 0 Å². The second-order valence-corrected chi connectivity index (χ2v) is 9.63. The molecule has 0 bridgehead atoms. The van der Waals surface area contributed by atoms with Gasteiger partial charge in [0.15, 0.2) is 0 Å². The van der Waals surface area contributed by atoms with E-state index in [1.165, 1.54) is 33.6 Å². The molecule has 4 aliphatic heterocycles. The van der Waals surface area contributed by atoms with Gasteiger partial charge in [0.2, 0.25) is 0 Å². The highest BCUT2D eigenvalue weighted by atomic mass is 16.6. The monoisotopic (exact) mass is 436 g/mol. The first-order valence-electron chi connectivity index (χ1n) is 11.8. The predicted molar refractivity (Wildman–Crippen MR) is 125 cm³/mol. The third kappa shape index (κ3) is 4.94. The molecule has 0 radical (unpaired) electrons. The standard InChI is InChI=1S/C26H32N2O4/c1-17-7-19(3-5-25(17)27(9-21-13-29-21)10-22-14-30-22)20-4-6-26(18(2)8-20)28(11-23-15-31-23)12-24-16-32-24/h3-8,21-24H,9-16H2,1-2H3. The van der Waals surface area contributed by atoms with Crippen molar-refractivity contribution in [3.8, 4) is 11.1 Å². The van der Waals surface area contributed by atoms with Gasteiger partial charge in [0.25, 0.3) is 0 Å². The average molecular weight is 437 g/mol. The van der Waals surface area contributed by atoms with Crippen molar-refractivity contribution < 1.29 is 18.9 Å². The SMILES string of the molecule is Cc1cc(-c2ccc(N(CC3CO3)CC3CO3)c(C)c2)ccc1N(CC1CO1)CC1CO1. The van der Waals surface area contributed by atoms with E-state index in [2.05, 4.69) is 60.0 Å². The van der Waals surface area contributed by atoms with Gasteiger partial charge in [0.05, 0.1) is 50.8 Å². The molecule has 0 spiro atoms. The van der Waals surface area contributed by atoms with E-state index in [1.54, 1.807) is 0 Å². The molecular weight excluding hydrogens is 404 g/mol. The summed E-state index contributed by atoms with van der Waals surface area (Å²) in [6.07, 6.45) is 1.47. The van der Waals surface area contributed by atoms with E-state index in [-0.39, 0.29) is 0 Å². The van der Waals surface area contributed by atoms with E-state index >= 15 is 0 Å². The summed E-state index contributed by atoms with van der Waals surface area (Å²) < 4.78 is 22.0. The van der Waals surface area contributed by atoms with Crippen LogP contribution >= 0.6 is 0 Å². The highest BCUT2D eigenvalue weighted by molar-refractivity contribution is 5.72. The van der Waals surface area contributed by atoms with E-state index in [0.717, 1.165) is 52.6 Å². The molecule has 2 aromatic rings. The lowest BCUT2D eigenvalue weighted by atomic mass is 9.99. The number of ether oxygens (including phenoxy) is 4. The summed E-state index contributed by atoms with van der Waals surface area (Å²) in [5, 5.41) is 0.